The Morgan fingerprint density at radius 1 is 1.07 bits per heavy atom. The molecule has 5 nitrogen and oxygen atoms in total. The van der Waals surface area contributed by atoms with Crippen molar-refractivity contribution in [1.82, 2.24) is 15.2 Å². The highest BCUT2D eigenvalue weighted by atomic mass is 16.3. The van der Waals surface area contributed by atoms with E-state index in [0.717, 1.165) is 23.4 Å². The summed E-state index contributed by atoms with van der Waals surface area (Å²) in [5.74, 6) is 1.58. The quantitative estimate of drug-likeness (QED) is 0.744. The fourth-order valence-electron chi connectivity index (χ4n) is 4.33. The molecule has 2 N–H and O–H groups in total. The van der Waals surface area contributed by atoms with Crippen molar-refractivity contribution in [3.63, 3.8) is 0 Å². The van der Waals surface area contributed by atoms with E-state index in [1.807, 2.05) is 36.5 Å². The molecule has 0 aliphatic carbocycles. The largest absolute Gasteiger partial charge is 0.451 e. The minimum Gasteiger partial charge on any atom is -0.451 e. The van der Waals surface area contributed by atoms with Crippen LogP contribution in [0.3, 0.4) is 0 Å². The molecule has 138 valence electrons. The molecule has 3 aliphatic rings. The molecule has 1 atom stereocenters. The second-order valence-corrected chi connectivity index (χ2v) is 7.55. The second-order valence-electron chi connectivity index (χ2n) is 7.55. The molecule has 1 amide bonds. The highest BCUT2D eigenvalue weighted by Crippen LogP contribution is 2.29. The molecule has 3 fully saturated rings. The van der Waals surface area contributed by atoms with Crippen LogP contribution in [0.15, 0.2) is 59.1 Å². The Bertz CT molecular complexity index is 936. The highest BCUT2D eigenvalue weighted by molar-refractivity contribution is 5.92. The topological polar surface area (TPSA) is 61.3 Å². The number of fused-ring (bicyclic) bond motifs is 3. The molecule has 0 saturated carbocycles. The Morgan fingerprint density at radius 3 is 2.67 bits per heavy atom. The van der Waals surface area contributed by atoms with Crippen LogP contribution < -0.4 is 5.32 Å². The van der Waals surface area contributed by atoms with Crippen molar-refractivity contribution in [2.45, 2.75) is 18.9 Å². The van der Waals surface area contributed by atoms with Crippen LogP contribution in [0.4, 0.5) is 0 Å². The van der Waals surface area contributed by atoms with Crippen molar-refractivity contribution >= 4 is 5.91 Å². The lowest BCUT2D eigenvalue weighted by atomic mass is 9.84. The van der Waals surface area contributed by atoms with Crippen molar-refractivity contribution in [2.75, 3.05) is 19.6 Å². The van der Waals surface area contributed by atoms with E-state index in [9.17, 15) is 4.79 Å². The highest BCUT2D eigenvalue weighted by Gasteiger charge is 2.35. The number of aromatic nitrogens is 1. The monoisotopic (exact) mass is 361 g/mol. The molecule has 5 heteroatoms. The van der Waals surface area contributed by atoms with Gasteiger partial charge in [0.05, 0.1) is 0 Å². The molecule has 2 aromatic heterocycles. The number of furan rings is 1. The first-order valence-corrected chi connectivity index (χ1v) is 9.63. The van der Waals surface area contributed by atoms with Crippen molar-refractivity contribution < 1.29 is 9.21 Å². The van der Waals surface area contributed by atoms with Crippen LogP contribution in [0.2, 0.25) is 0 Å². The smallest absolute Gasteiger partial charge is 0.287 e. The average Bonchev–Trinajstić information content (AvgIpc) is 3.41. The number of nitrogens with zero attached hydrogens (tertiary/aromatic N) is 1. The van der Waals surface area contributed by atoms with E-state index in [1.54, 1.807) is 6.07 Å². The molecule has 2 bridgehead atoms. The van der Waals surface area contributed by atoms with E-state index >= 15 is 0 Å². The van der Waals surface area contributed by atoms with Gasteiger partial charge in [0.15, 0.2) is 5.76 Å². The van der Waals surface area contributed by atoms with Crippen molar-refractivity contribution in [1.29, 1.82) is 0 Å². The lowest BCUT2D eigenvalue weighted by Gasteiger charge is -2.44. The molecule has 1 unspecified atom stereocenters. The van der Waals surface area contributed by atoms with Gasteiger partial charge in [-0.05, 0) is 67.7 Å². The number of rotatable bonds is 4. The zero-order valence-corrected chi connectivity index (χ0v) is 15.2. The molecule has 3 aliphatic heterocycles. The number of benzene rings is 1. The number of nitrogens with one attached hydrogen (secondary N) is 2. The van der Waals surface area contributed by atoms with E-state index in [-0.39, 0.29) is 11.9 Å². The van der Waals surface area contributed by atoms with Gasteiger partial charge in [0.2, 0.25) is 0 Å². The van der Waals surface area contributed by atoms with Crippen LogP contribution >= 0.6 is 0 Å². The lowest BCUT2D eigenvalue weighted by Crippen LogP contribution is -2.57. The van der Waals surface area contributed by atoms with E-state index in [4.69, 9.17) is 4.42 Å². The molecule has 6 rings (SSSR count). The maximum Gasteiger partial charge on any atom is 0.287 e. The van der Waals surface area contributed by atoms with Crippen LogP contribution in [0.1, 0.15) is 23.4 Å². The summed E-state index contributed by atoms with van der Waals surface area (Å²) in [6, 6.07) is 16.0. The normalized spacial score (nSPS) is 24.1. The summed E-state index contributed by atoms with van der Waals surface area (Å²) in [5.41, 5.74) is 3.11. The van der Waals surface area contributed by atoms with Gasteiger partial charge in [0.25, 0.3) is 5.91 Å². The van der Waals surface area contributed by atoms with Crippen LogP contribution in [-0.2, 0) is 0 Å². The Hall–Kier alpha value is -2.79. The summed E-state index contributed by atoms with van der Waals surface area (Å²) in [5, 5.41) is 3.19. The number of carbonyl (C=O) groups is 1. The molecule has 1 aromatic carbocycles. The van der Waals surface area contributed by atoms with Crippen LogP contribution in [0.5, 0.6) is 0 Å². The molecule has 3 saturated heterocycles. The lowest BCUT2D eigenvalue weighted by molar-refractivity contribution is 0.0606. The standard InChI is InChI=1S/C22H23N3O2/c26-22(24-19-14-25-11-8-15(19)9-12-25)21-7-6-20(27-21)17-4-1-3-16(13-17)18-5-2-10-23-18/h1-7,10,13,15,19,23H,8-9,11-12,14H2,(H,24,26). The third-order valence-corrected chi connectivity index (χ3v) is 5.86. The molecule has 3 aromatic rings. The zero-order valence-electron chi connectivity index (χ0n) is 15.2. The first-order chi connectivity index (χ1) is 13.3. The Labute approximate surface area is 158 Å². The van der Waals surface area contributed by atoms with Gasteiger partial charge < -0.3 is 19.6 Å². The molecular weight excluding hydrogens is 338 g/mol. The van der Waals surface area contributed by atoms with Crippen LogP contribution in [-0.4, -0.2) is 41.5 Å². The molecule has 27 heavy (non-hydrogen) atoms. The number of aromatic amines is 1. The molecule has 5 heterocycles. The SMILES string of the molecule is O=C(NC1CN2CCC1CC2)c1ccc(-c2cccc(-c3ccc[nH]3)c2)o1. The molecule has 0 radical (unpaired) electrons. The fourth-order valence-corrected chi connectivity index (χ4v) is 4.33. The number of hydrogen-bond acceptors (Lipinski definition) is 3. The third-order valence-electron chi connectivity index (χ3n) is 5.86. The van der Waals surface area contributed by atoms with Gasteiger partial charge >= 0.3 is 0 Å². The molecule has 0 spiro atoms. The van der Waals surface area contributed by atoms with E-state index in [2.05, 4.69) is 27.3 Å². The number of hydrogen-bond donors (Lipinski definition) is 2. The summed E-state index contributed by atoms with van der Waals surface area (Å²) in [6.45, 7) is 3.29. The van der Waals surface area contributed by atoms with E-state index < -0.39 is 0 Å². The predicted octanol–water partition coefficient (Wildman–Crippen LogP) is 3.77. The number of carbonyl (C=O) groups excluding carboxylic acids is 1. The Morgan fingerprint density at radius 2 is 1.93 bits per heavy atom. The minimum absolute atomic E-state index is 0.111. The summed E-state index contributed by atoms with van der Waals surface area (Å²) in [7, 11) is 0. The maximum absolute atomic E-state index is 12.7. The number of piperidine rings is 3. The van der Waals surface area contributed by atoms with Gasteiger partial charge in [0, 0.05) is 30.0 Å². The summed E-state index contributed by atoms with van der Waals surface area (Å²) < 4.78 is 5.89. The Balaban J connectivity index is 1.32. The summed E-state index contributed by atoms with van der Waals surface area (Å²) in [6.07, 6.45) is 4.27. The van der Waals surface area contributed by atoms with Gasteiger partial charge in [0.1, 0.15) is 5.76 Å². The van der Waals surface area contributed by atoms with Crippen LogP contribution in [0.25, 0.3) is 22.6 Å². The zero-order chi connectivity index (χ0) is 18.2. The van der Waals surface area contributed by atoms with Gasteiger partial charge in [-0.2, -0.15) is 0 Å². The maximum atomic E-state index is 12.7. The third kappa shape index (κ3) is 3.19. The minimum atomic E-state index is -0.111. The number of H-pyrrole nitrogens is 1. The number of amides is 1. The predicted molar refractivity (Wildman–Crippen MR) is 104 cm³/mol. The van der Waals surface area contributed by atoms with Crippen LogP contribution in [0, 0.1) is 5.92 Å². The van der Waals surface area contributed by atoms with Crippen molar-refractivity contribution in [2.24, 2.45) is 5.92 Å². The van der Waals surface area contributed by atoms with Gasteiger partial charge in [-0.15, -0.1) is 0 Å². The van der Waals surface area contributed by atoms with Gasteiger partial charge in [-0.1, -0.05) is 18.2 Å². The summed E-state index contributed by atoms with van der Waals surface area (Å²) >= 11 is 0. The average molecular weight is 361 g/mol. The first kappa shape index (κ1) is 16.4. The van der Waals surface area contributed by atoms with E-state index in [1.165, 1.54) is 25.9 Å². The van der Waals surface area contributed by atoms with Crippen molar-refractivity contribution in [3.05, 3.63) is 60.5 Å². The molecular formula is C22H23N3O2. The van der Waals surface area contributed by atoms with E-state index in [0.29, 0.717) is 17.4 Å². The van der Waals surface area contributed by atoms with Crippen molar-refractivity contribution in [3.8, 4) is 22.6 Å². The fraction of sp³-hybridized carbons (Fsp3) is 0.318. The summed E-state index contributed by atoms with van der Waals surface area (Å²) in [4.78, 5) is 18.3. The second kappa shape index (κ2) is 6.74. The van der Waals surface area contributed by atoms with Gasteiger partial charge in [-0.25, -0.2) is 0 Å². The van der Waals surface area contributed by atoms with Gasteiger partial charge in [-0.3, -0.25) is 4.79 Å². The first-order valence-electron chi connectivity index (χ1n) is 9.63. The Kier molecular flexibility index (Phi) is 4.09.